The van der Waals surface area contributed by atoms with Crippen LogP contribution in [0.25, 0.3) is 0 Å². The van der Waals surface area contributed by atoms with Crippen molar-refractivity contribution in [3.63, 3.8) is 0 Å². The number of hydrazine groups is 1. The molecule has 3 unspecified atom stereocenters. The first-order chi connectivity index (χ1) is 6.97. The summed E-state index contributed by atoms with van der Waals surface area (Å²) in [5.74, 6) is 5.80. The minimum absolute atomic E-state index is 0.0519. The van der Waals surface area contributed by atoms with Crippen LogP contribution < -0.4 is 17.0 Å². The minimum Gasteiger partial charge on any atom is -0.325 e. The number of nitrogens with one attached hydrogen (secondary N) is 1. The van der Waals surface area contributed by atoms with E-state index in [1.807, 2.05) is 6.92 Å². The van der Waals surface area contributed by atoms with E-state index in [9.17, 15) is 4.79 Å². The van der Waals surface area contributed by atoms with Gasteiger partial charge in [-0.05, 0) is 31.6 Å². The fourth-order valence-corrected chi connectivity index (χ4v) is 3.69. The van der Waals surface area contributed by atoms with E-state index in [0.29, 0.717) is 5.92 Å². The minimum atomic E-state index is -0.354. The van der Waals surface area contributed by atoms with E-state index in [0.717, 1.165) is 25.7 Å². The molecular weight excluding hydrogens is 190 g/mol. The highest BCUT2D eigenvalue weighted by Gasteiger charge is 2.49. The molecule has 2 aliphatic carbocycles. The van der Waals surface area contributed by atoms with Crippen molar-refractivity contribution in [1.29, 1.82) is 0 Å². The maximum absolute atomic E-state index is 11.8. The molecule has 4 heteroatoms. The van der Waals surface area contributed by atoms with Gasteiger partial charge in [0.25, 0.3) is 0 Å². The predicted octanol–water partition coefficient (Wildman–Crippen LogP) is 0.664. The van der Waals surface area contributed by atoms with Gasteiger partial charge in [-0.25, -0.2) is 5.84 Å². The van der Waals surface area contributed by atoms with Gasteiger partial charge in [-0.15, -0.1) is 0 Å². The van der Waals surface area contributed by atoms with E-state index >= 15 is 0 Å². The van der Waals surface area contributed by atoms with Crippen molar-refractivity contribution < 1.29 is 4.79 Å². The van der Waals surface area contributed by atoms with Gasteiger partial charge >= 0.3 is 0 Å². The second kappa shape index (κ2) is 3.46. The van der Waals surface area contributed by atoms with Gasteiger partial charge in [0, 0.05) is 11.0 Å². The molecule has 0 heterocycles. The number of carbonyl (C=O) groups excluding carboxylic acids is 1. The van der Waals surface area contributed by atoms with Crippen molar-refractivity contribution in [1.82, 2.24) is 5.43 Å². The van der Waals surface area contributed by atoms with E-state index in [2.05, 4.69) is 5.43 Å². The highest BCUT2D eigenvalue weighted by Crippen LogP contribution is 2.49. The summed E-state index contributed by atoms with van der Waals surface area (Å²) < 4.78 is 0. The standard InChI is InChI=1S/C11H21N3O/c1-10(9(15)14-13)5-8-3-2-4-11(12,6-8)7-10/h8H,2-7,12-13H2,1H3,(H,14,15). The lowest BCUT2D eigenvalue weighted by atomic mass is 9.58. The number of fused-ring (bicyclic) bond motifs is 2. The summed E-state index contributed by atoms with van der Waals surface area (Å²) in [6.45, 7) is 1.99. The van der Waals surface area contributed by atoms with Crippen LogP contribution in [0.5, 0.6) is 0 Å². The topological polar surface area (TPSA) is 81.1 Å². The number of amides is 1. The van der Waals surface area contributed by atoms with Crippen molar-refractivity contribution >= 4 is 5.91 Å². The molecule has 4 nitrogen and oxygen atoms in total. The normalized spacial score (nSPS) is 44.9. The molecule has 0 aromatic rings. The summed E-state index contributed by atoms with van der Waals surface area (Å²) >= 11 is 0. The van der Waals surface area contributed by atoms with Crippen LogP contribution in [0.15, 0.2) is 0 Å². The van der Waals surface area contributed by atoms with Crippen LogP contribution in [0, 0.1) is 11.3 Å². The Balaban J connectivity index is 2.20. The van der Waals surface area contributed by atoms with Crippen molar-refractivity contribution in [2.24, 2.45) is 22.9 Å². The van der Waals surface area contributed by atoms with Crippen LogP contribution in [-0.2, 0) is 4.79 Å². The first-order valence-corrected chi connectivity index (χ1v) is 5.77. The van der Waals surface area contributed by atoms with Crippen molar-refractivity contribution in [2.75, 3.05) is 0 Å². The molecule has 0 spiro atoms. The van der Waals surface area contributed by atoms with Gasteiger partial charge in [-0.1, -0.05) is 19.8 Å². The first kappa shape index (κ1) is 10.9. The molecular formula is C11H21N3O. The van der Waals surface area contributed by atoms with Crippen molar-refractivity contribution in [3.05, 3.63) is 0 Å². The Bertz CT molecular complexity index is 281. The van der Waals surface area contributed by atoms with Gasteiger partial charge in [0.2, 0.25) is 5.91 Å². The Morgan fingerprint density at radius 3 is 2.80 bits per heavy atom. The number of rotatable bonds is 1. The van der Waals surface area contributed by atoms with Crippen molar-refractivity contribution in [2.45, 2.75) is 51.0 Å². The average Bonchev–Trinajstić information content (AvgIpc) is 2.14. The number of carbonyl (C=O) groups is 1. The lowest BCUT2D eigenvalue weighted by molar-refractivity contribution is -0.135. The van der Waals surface area contributed by atoms with Crippen LogP contribution >= 0.6 is 0 Å². The molecule has 2 aliphatic rings. The van der Waals surface area contributed by atoms with E-state index < -0.39 is 0 Å². The quantitative estimate of drug-likeness (QED) is 0.338. The molecule has 0 aliphatic heterocycles. The summed E-state index contributed by atoms with van der Waals surface area (Å²) in [6.07, 6.45) is 6.28. The summed E-state index contributed by atoms with van der Waals surface area (Å²) in [5, 5.41) is 0. The van der Waals surface area contributed by atoms with Gasteiger partial charge < -0.3 is 5.73 Å². The summed E-state index contributed by atoms with van der Waals surface area (Å²) in [5.41, 5.74) is 8.16. The summed E-state index contributed by atoms with van der Waals surface area (Å²) in [4.78, 5) is 11.8. The SMILES string of the molecule is CC1(C(=O)NN)CC2CCCC(N)(C2)C1. The Kier molecular flexibility index (Phi) is 2.51. The largest absolute Gasteiger partial charge is 0.325 e. The average molecular weight is 211 g/mol. The number of nitrogens with two attached hydrogens (primary N) is 2. The molecule has 0 saturated heterocycles. The second-order valence-electron chi connectivity index (χ2n) is 5.74. The van der Waals surface area contributed by atoms with E-state index in [-0.39, 0.29) is 16.9 Å². The smallest absolute Gasteiger partial charge is 0.239 e. The zero-order valence-electron chi connectivity index (χ0n) is 9.38. The van der Waals surface area contributed by atoms with Gasteiger partial charge in [0.05, 0.1) is 0 Å². The van der Waals surface area contributed by atoms with Gasteiger partial charge in [0.1, 0.15) is 0 Å². The van der Waals surface area contributed by atoms with Gasteiger partial charge in [-0.2, -0.15) is 0 Å². The number of hydrogen-bond acceptors (Lipinski definition) is 3. The Morgan fingerprint density at radius 2 is 2.20 bits per heavy atom. The fraction of sp³-hybridized carbons (Fsp3) is 0.909. The molecule has 5 N–H and O–H groups in total. The molecule has 0 radical (unpaired) electrons. The summed E-state index contributed by atoms with van der Waals surface area (Å²) in [6, 6.07) is 0. The van der Waals surface area contributed by atoms with E-state index in [1.54, 1.807) is 0 Å². The lowest BCUT2D eigenvalue weighted by Crippen LogP contribution is -2.57. The van der Waals surface area contributed by atoms with Crippen LogP contribution in [0.2, 0.25) is 0 Å². The third kappa shape index (κ3) is 1.88. The second-order valence-corrected chi connectivity index (χ2v) is 5.74. The molecule has 2 saturated carbocycles. The molecule has 3 atom stereocenters. The van der Waals surface area contributed by atoms with Gasteiger partial charge in [0.15, 0.2) is 0 Å². The van der Waals surface area contributed by atoms with E-state index in [1.165, 1.54) is 12.8 Å². The number of hydrogen-bond donors (Lipinski definition) is 3. The summed E-state index contributed by atoms with van der Waals surface area (Å²) in [7, 11) is 0. The zero-order chi connectivity index (χ0) is 11.1. The van der Waals surface area contributed by atoms with Gasteiger partial charge in [-0.3, -0.25) is 10.2 Å². The lowest BCUT2D eigenvalue weighted by Gasteiger charge is -2.50. The molecule has 2 fully saturated rings. The molecule has 2 rings (SSSR count). The maximum Gasteiger partial charge on any atom is 0.239 e. The highest BCUT2D eigenvalue weighted by atomic mass is 16.2. The predicted molar refractivity (Wildman–Crippen MR) is 58.5 cm³/mol. The maximum atomic E-state index is 11.8. The Morgan fingerprint density at radius 1 is 1.47 bits per heavy atom. The molecule has 86 valence electrons. The molecule has 0 aromatic carbocycles. The Hall–Kier alpha value is -0.610. The fourth-order valence-electron chi connectivity index (χ4n) is 3.69. The zero-order valence-corrected chi connectivity index (χ0v) is 9.38. The molecule has 0 aromatic heterocycles. The Labute approximate surface area is 90.7 Å². The van der Waals surface area contributed by atoms with E-state index in [4.69, 9.17) is 11.6 Å². The van der Waals surface area contributed by atoms with Crippen LogP contribution in [0.4, 0.5) is 0 Å². The first-order valence-electron chi connectivity index (χ1n) is 5.77. The highest BCUT2D eigenvalue weighted by molar-refractivity contribution is 5.82. The molecule has 2 bridgehead atoms. The molecule has 15 heavy (non-hydrogen) atoms. The third-order valence-electron chi connectivity index (χ3n) is 4.14. The van der Waals surface area contributed by atoms with Crippen LogP contribution in [0.3, 0.4) is 0 Å². The molecule has 1 amide bonds. The van der Waals surface area contributed by atoms with Crippen molar-refractivity contribution in [3.8, 4) is 0 Å². The monoisotopic (exact) mass is 211 g/mol. The van der Waals surface area contributed by atoms with Crippen LogP contribution in [0.1, 0.15) is 45.4 Å². The third-order valence-corrected chi connectivity index (χ3v) is 4.14. The van der Waals surface area contributed by atoms with Crippen LogP contribution in [-0.4, -0.2) is 11.4 Å².